The minimum atomic E-state index is -1.84. The van der Waals surface area contributed by atoms with Crippen LogP contribution in [-0.2, 0) is 15.1 Å². The molecule has 0 fully saturated rings. The van der Waals surface area contributed by atoms with Crippen LogP contribution < -0.4 is 0 Å². The number of likely N-dealkylation sites (N-methyl/N-ethyl adjacent to an activating group) is 1. The molecule has 25 heavy (non-hydrogen) atoms. The van der Waals surface area contributed by atoms with E-state index in [2.05, 4.69) is 0 Å². The van der Waals surface area contributed by atoms with Gasteiger partial charge in [0.1, 0.15) is 5.60 Å². The number of hydrogen-bond donors (Lipinski definition) is 1. The number of nitrogens with zero attached hydrogens (tertiary/aromatic N) is 1. The summed E-state index contributed by atoms with van der Waals surface area (Å²) in [5, 5.41) is 11.3. The predicted molar refractivity (Wildman–Crippen MR) is 102 cm³/mol. The number of halogens is 1. The van der Waals surface area contributed by atoms with Crippen LogP contribution in [0.15, 0.2) is 60.7 Å². The second-order valence-electron chi connectivity index (χ2n) is 6.83. The summed E-state index contributed by atoms with van der Waals surface area (Å²) in [7, 11) is 3.83. The molecule has 0 unspecified atom stereocenters. The Hall–Kier alpha value is -1.88. The van der Waals surface area contributed by atoms with Crippen LogP contribution in [0.25, 0.3) is 0 Å². The van der Waals surface area contributed by atoms with Crippen LogP contribution in [-0.4, -0.2) is 42.2 Å². The molecule has 4 nitrogen and oxygen atoms in total. The van der Waals surface area contributed by atoms with Gasteiger partial charge in [0.2, 0.25) is 5.60 Å². The third-order valence-electron chi connectivity index (χ3n) is 3.74. The van der Waals surface area contributed by atoms with E-state index in [-0.39, 0.29) is 12.4 Å². The molecular weight excluding hydrogens is 338 g/mol. The highest BCUT2D eigenvalue weighted by atomic mass is 35.5. The van der Waals surface area contributed by atoms with Crippen molar-refractivity contribution in [2.45, 2.75) is 25.0 Å². The Balaban J connectivity index is 0.00000312. The summed E-state index contributed by atoms with van der Waals surface area (Å²) in [5.41, 5.74) is -1.59. The number of benzene rings is 2. The average Bonchev–Trinajstić information content (AvgIpc) is 2.54. The van der Waals surface area contributed by atoms with E-state index in [1.807, 2.05) is 45.0 Å². The molecule has 0 atom stereocenters. The van der Waals surface area contributed by atoms with Crippen molar-refractivity contribution < 1.29 is 14.6 Å². The molecule has 0 aromatic heterocycles. The summed E-state index contributed by atoms with van der Waals surface area (Å²) < 4.78 is 5.69. The smallest absolute Gasteiger partial charge is 0.348 e. The number of carbonyl (C=O) groups excluding carboxylic acids is 1. The van der Waals surface area contributed by atoms with Crippen LogP contribution in [0.2, 0.25) is 0 Å². The van der Waals surface area contributed by atoms with Crippen molar-refractivity contribution in [3.63, 3.8) is 0 Å². The number of ether oxygens (including phenoxy) is 1. The first-order chi connectivity index (χ1) is 11.3. The molecule has 2 aromatic carbocycles. The first-order valence-electron chi connectivity index (χ1n) is 7.97. The van der Waals surface area contributed by atoms with Crippen molar-refractivity contribution >= 4 is 18.4 Å². The maximum Gasteiger partial charge on any atom is 0.348 e. The summed E-state index contributed by atoms with van der Waals surface area (Å²) in [6.07, 6.45) is 0. The van der Waals surface area contributed by atoms with Gasteiger partial charge in [-0.3, -0.25) is 0 Å². The van der Waals surface area contributed by atoms with Gasteiger partial charge in [0.05, 0.1) is 0 Å². The zero-order valence-electron chi connectivity index (χ0n) is 15.1. The zero-order valence-corrected chi connectivity index (χ0v) is 15.9. The molecule has 0 aliphatic rings. The van der Waals surface area contributed by atoms with Gasteiger partial charge in [0, 0.05) is 6.54 Å². The molecule has 0 bridgehead atoms. The summed E-state index contributed by atoms with van der Waals surface area (Å²) in [6, 6.07) is 17.8. The maximum atomic E-state index is 13.0. The highest BCUT2D eigenvalue weighted by Gasteiger charge is 2.43. The Morgan fingerprint density at radius 1 is 0.960 bits per heavy atom. The van der Waals surface area contributed by atoms with Crippen molar-refractivity contribution in [2.24, 2.45) is 0 Å². The van der Waals surface area contributed by atoms with Gasteiger partial charge < -0.3 is 14.7 Å². The number of rotatable bonds is 6. The summed E-state index contributed by atoms with van der Waals surface area (Å²) in [5.74, 6) is -0.674. The summed E-state index contributed by atoms with van der Waals surface area (Å²) in [6.45, 7) is 4.22. The Labute approximate surface area is 155 Å². The first kappa shape index (κ1) is 21.2. The predicted octanol–water partition coefficient (Wildman–Crippen LogP) is 3.23. The quantitative estimate of drug-likeness (QED) is 0.800. The Morgan fingerprint density at radius 2 is 1.36 bits per heavy atom. The lowest BCUT2D eigenvalue weighted by molar-refractivity contribution is -0.176. The lowest BCUT2D eigenvalue weighted by Crippen LogP contribution is -2.46. The minimum Gasteiger partial charge on any atom is -0.456 e. The molecule has 2 aromatic rings. The number of esters is 1. The molecule has 0 aliphatic carbocycles. The van der Waals surface area contributed by atoms with E-state index in [4.69, 9.17) is 4.74 Å². The number of carbonyl (C=O) groups is 1. The van der Waals surface area contributed by atoms with Gasteiger partial charge in [-0.2, -0.15) is 0 Å². The monoisotopic (exact) mass is 363 g/mol. The molecule has 1 N–H and O–H groups in total. The third-order valence-corrected chi connectivity index (χ3v) is 3.74. The second-order valence-corrected chi connectivity index (χ2v) is 6.83. The minimum absolute atomic E-state index is 0. The van der Waals surface area contributed by atoms with Gasteiger partial charge in [-0.25, -0.2) is 4.79 Å². The topological polar surface area (TPSA) is 49.8 Å². The van der Waals surface area contributed by atoms with Crippen LogP contribution in [0.1, 0.15) is 25.0 Å². The second kappa shape index (κ2) is 8.48. The van der Waals surface area contributed by atoms with E-state index in [1.54, 1.807) is 48.5 Å². The summed E-state index contributed by atoms with van der Waals surface area (Å²) in [4.78, 5) is 14.9. The molecular formula is C20H26ClNO3. The lowest BCUT2D eigenvalue weighted by Gasteiger charge is -2.34. The van der Waals surface area contributed by atoms with Gasteiger partial charge in [-0.05, 0) is 39.1 Å². The van der Waals surface area contributed by atoms with E-state index in [9.17, 15) is 9.90 Å². The fourth-order valence-electron chi connectivity index (χ4n) is 2.88. The van der Waals surface area contributed by atoms with Gasteiger partial charge in [0.25, 0.3) is 0 Å². The fraction of sp³-hybridized carbons (Fsp3) is 0.350. The molecule has 0 amide bonds. The third kappa shape index (κ3) is 5.05. The van der Waals surface area contributed by atoms with Crippen molar-refractivity contribution in [1.82, 2.24) is 4.90 Å². The largest absolute Gasteiger partial charge is 0.456 e. The van der Waals surface area contributed by atoms with Crippen molar-refractivity contribution in [1.29, 1.82) is 0 Å². The Kier molecular flexibility index (Phi) is 7.17. The van der Waals surface area contributed by atoms with E-state index >= 15 is 0 Å². The average molecular weight is 364 g/mol. The SMILES string of the molecule is CN(C)CC(C)(C)OC(=O)C(O)(c1ccccc1)c1ccccc1.Cl. The molecule has 0 heterocycles. The molecule has 0 saturated heterocycles. The van der Waals surface area contributed by atoms with Gasteiger partial charge in [-0.15, -0.1) is 12.4 Å². The van der Waals surface area contributed by atoms with E-state index in [0.717, 1.165) is 0 Å². The summed E-state index contributed by atoms with van der Waals surface area (Å²) >= 11 is 0. The highest BCUT2D eigenvalue weighted by molar-refractivity contribution is 5.86. The van der Waals surface area contributed by atoms with Crippen LogP contribution >= 0.6 is 12.4 Å². The van der Waals surface area contributed by atoms with Crippen LogP contribution in [0, 0.1) is 0 Å². The molecule has 0 saturated carbocycles. The normalized spacial score (nSPS) is 11.8. The standard InChI is InChI=1S/C20H25NO3.ClH/c1-19(2,15-21(3)4)24-18(22)20(23,16-11-7-5-8-12-16)17-13-9-6-10-14-17;/h5-14,23H,15H2,1-4H3;1H. The van der Waals surface area contributed by atoms with Crippen molar-refractivity contribution in [2.75, 3.05) is 20.6 Å². The van der Waals surface area contributed by atoms with E-state index in [1.165, 1.54) is 0 Å². The molecule has 2 rings (SSSR count). The number of aliphatic hydroxyl groups is 1. The first-order valence-corrected chi connectivity index (χ1v) is 7.97. The van der Waals surface area contributed by atoms with Crippen LogP contribution in [0.5, 0.6) is 0 Å². The van der Waals surface area contributed by atoms with Crippen molar-refractivity contribution in [3.8, 4) is 0 Å². The van der Waals surface area contributed by atoms with Gasteiger partial charge >= 0.3 is 5.97 Å². The molecule has 0 aliphatic heterocycles. The Morgan fingerprint density at radius 3 is 1.72 bits per heavy atom. The molecule has 136 valence electrons. The van der Waals surface area contributed by atoms with Gasteiger partial charge in [0.15, 0.2) is 0 Å². The molecule has 0 radical (unpaired) electrons. The highest BCUT2D eigenvalue weighted by Crippen LogP contribution is 2.32. The fourth-order valence-corrected chi connectivity index (χ4v) is 2.88. The van der Waals surface area contributed by atoms with Crippen molar-refractivity contribution in [3.05, 3.63) is 71.8 Å². The maximum absolute atomic E-state index is 13.0. The number of hydrogen-bond acceptors (Lipinski definition) is 4. The van der Waals surface area contributed by atoms with Crippen LogP contribution in [0.4, 0.5) is 0 Å². The Bertz CT molecular complexity index is 632. The molecule has 0 spiro atoms. The van der Waals surface area contributed by atoms with Gasteiger partial charge in [-0.1, -0.05) is 60.7 Å². The van der Waals surface area contributed by atoms with Crippen LogP contribution in [0.3, 0.4) is 0 Å². The molecule has 5 heteroatoms. The zero-order chi connectivity index (χ0) is 17.8. The lowest BCUT2D eigenvalue weighted by atomic mass is 9.86. The van der Waals surface area contributed by atoms with E-state index in [0.29, 0.717) is 17.7 Å². The van der Waals surface area contributed by atoms with E-state index < -0.39 is 17.2 Å².